The normalized spacial score (nSPS) is 11.9. The van der Waals surface area contributed by atoms with Crippen molar-refractivity contribution in [3.63, 3.8) is 0 Å². The van der Waals surface area contributed by atoms with E-state index < -0.39 is 23.2 Å². The highest BCUT2D eigenvalue weighted by Gasteiger charge is 2.21. The van der Waals surface area contributed by atoms with Crippen molar-refractivity contribution in [2.45, 2.75) is 33.7 Å². The third kappa shape index (κ3) is 4.43. The molecule has 0 saturated heterocycles. The van der Waals surface area contributed by atoms with E-state index in [9.17, 15) is 18.4 Å². The number of halogens is 2. The highest BCUT2D eigenvalue weighted by atomic mass is 32.1. The Kier molecular flexibility index (Phi) is 5.26. The van der Waals surface area contributed by atoms with Crippen LogP contribution in [0.4, 0.5) is 8.78 Å². The third-order valence-corrected chi connectivity index (χ3v) is 5.37. The van der Waals surface area contributed by atoms with Crippen LogP contribution in [-0.4, -0.2) is 25.7 Å². The van der Waals surface area contributed by atoms with Crippen molar-refractivity contribution in [3.8, 4) is 5.88 Å². The van der Waals surface area contributed by atoms with Gasteiger partial charge in [0.05, 0.1) is 28.6 Å². The summed E-state index contributed by atoms with van der Waals surface area (Å²) in [4.78, 5) is 33.5. The quantitative estimate of drug-likeness (QED) is 0.441. The number of thiazole rings is 1. The van der Waals surface area contributed by atoms with Gasteiger partial charge in [-0.3, -0.25) is 14.6 Å². The molecule has 4 aromatic rings. The van der Waals surface area contributed by atoms with Gasteiger partial charge in [-0.25, -0.2) is 18.4 Å². The van der Waals surface area contributed by atoms with Crippen molar-refractivity contribution >= 4 is 38.4 Å². The largest absolute Gasteiger partial charge is 0.405 e. The topological polar surface area (TPSA) is 87.0 Å². The van der Waals surface area contributed by atoms with Gasteiger partial charge in [0.15, 0.2) is 0 Å². The molecule has 0 bridgehead atoms. The fourth-order valence-corrected chi connectivity index (χ4v) is 3.97. The van der Waals surface area contributed by atoms with E-state index in [1.165, 1.54) is 6.20 Å². The van der Waals surface area contributed by atoms with Crippen molar-refractivity contribution < 1.29 is 18.3 Å². The maximum atomic E-state index is 14.0. The lowest BCUT2D eigenvalue weighted by Gasteiger charge is -2.16. The first-order valence-electron chi connectivity index (χ1n) is 9.42. The van der Waals surface area contributed by atoms with Gasteiger partial charge in [-0.1, -0.05) is 20.8 Å². The number of rotatable bonds is 4. The number of carbonyl (C=O) groups excluding carboxylic acids is 1. The van der Waals surface area contributed by atoms with Crippen molar-refractivity contribution in [1.29, 1.82) is 0 Å². The molecule has 0 aliphatic heterocycles. The van der Waals surface area contributed by atoms with Crippen LogP contribution >= 0.6 is 11.3 Å². The van der Waals surface area contributed by atoms with Gasteiger partial charge in [0, 0.05) is 18.3 Å². The summed E-state index contributed by atoms with van der Waals surface area (Å²) >= 11 is 0.989. The molecule has 0 N–H and O–H groups in total. The smallest absolute Gasteiger partial charge is 0.313 e. The number of aromatic nitrogens is 4. The Balaban J connectivity index is 1.76. The highest BCUT2D eigenvalue weighted by molar-refractivity contribution is 7.18. The zero-order valence-corrected chi connectivity index (χ0v) is 17.8. The summed E-state index contributed by atoms with van der Waals surface area (Å²) in [6.45, 7) is 5.58. The summed E-state index contributed by atoms with van der Waals surface area (Å²) in [5, 5.41) is 4.85. The van der Waals surface area contributed by atoms with Crippen LogP contribution in [0.15, 0.2) is 35.3 Å². The Hall–Kier alpha value is -3.27. The van der Waals surface area contributed by atoms with E-state index in [-0.39, 0.29) is 40.0 Å². The van der Waals surface area contributed by atoms with E-state index in [1.807, 2.05) is 20.8 Å². The molecule has 3 aromatic heterocycles. The number of fused-ring (bicyclic) bond motifs is 2. The number of hydrogen-bond acceptors (Lipinski definition) is 7. The number of esters is 1. The van der Waals surface area contributed by atoms with E-state index in [1.54, 1.807) is 12.1 Å². The summed E-state index contributed by atoms with van der Waals surface area (Å²) in [6, 6.07) is 5.11. The molecular weight excluding hydrogens is 426 g/mol. The van der Waals surface area contributed by atoms with Crippen LogP contribution in [-0.2, 0) is 11.3 Å². The van der Waals surface area contributed by atoms with Crippen molar-refractivity contribution in [3.05, 3.63) is 57.5 Å². The summed E-state index contributed by atoms with van der Waals surface area (Å²) in [6.07, 6.45) is 1.60. The maximum absolute atomic E-state index is 14.0. The second-order valence-electron chi connectivity index (χ2n) is 8.22. The zero-order chi connectivity index (χ0) is 22.3. The molecule has 0 unspecified atom stereocenters. The predicted molar refractivity (Wildman–Crippen MR) is 112 cm³/mol. The van der Waals surface area contributed by atoms with Crippen molar-refractivity contribution in [2.75, 3.05) is 0 Å². The lowest BCUT2D eigenvalue weighted by Crippen LogP contribution is -2.26. The fourth-order valence-electron chi connectivity index (χ4n) is 3.04. The first-order chi connectivity index (χ1) is 14.6. The van der Waals surface area contributed by atoms with Gasteiger partial charge in [-0.15, -0.1) is 16.4 Å². The van der Waals surface area contributed by atoms with Crippen molar-refractivity contribution in [1.82, 2.24) is 19.7 Å². The summed E-state index contributed by atoms with van der Waals surface area (Å²) < 4.78 is 34.2. The van der Waals surface area contributed by atoms with Gasteiger partial charge in [0.25, 0.3) is 5.56 Å². The van der Waals surface area contributed by atoms with Gasteiger partial charge in [0.2, 0.25) is 5.88 Å². The lowest BCUT2D eigenvalue weighted by molar-refractivity contribution is -0.136. The summed E-state index contributed by atoms with van der Waals surface area (Å²) in [7, 11) is 0. The fraction of sp³-hybridized carbons (Fsp3) is 0.286. The number of benzene rings is 1. The van der Waals surface area contributed by atoms with Gasteiger partial charge >= 0.3 is 5.97 Å². The maximum Gasteiger partial charge on any atom is 0.313 e. The molecule has 7 nitrogen and oxygen atoms in total. The predicted octanol–water partition coefficient (Wildman–Crippen LogP) is 4.07. The van der Waals surface area contributed by atoms with Crippen molar-refractivity contribution in [2.24, 2.45) is 5.41 Å². The average molecular weight is 444 g/mol. The third-order valence-electron chi connectivity index (χ3n) is 4.31. The lowest BCUT2D eigenvalue weighted by atomic mass is 9.92. The number of pyridine rings is 1. The molecule has 0 spiro atoms. The molecule has 0 saturated carbocycles. The molecule has 0 fully saturated rings. The molecule has 1 aromatic carbocycles. The number of hydrogen-bond donors (Lipinski definition) is 0. The molecule has 0 aliphatic carbocycles. The molecule has 31 heavy (non-hydrogen) atoms. The number of ether oxygens (including phenoxy) is 1. The minimum absolute atomic E-state index is 0.0460. The monoisotopic (exact) mass is 444 g/mol. The summed E-state index contributed by atoms with van der Waals surface area (Å²) in [5.41, 5.74) is -0.576. The minimum Gasteiger partial charge on any atom is -0.405 e. The number of carbonyl (C=O) groups is 1. The van der Waals surface area contributed by atoms with Crippen LogP contribution in [0.2, 0.25) is 0 Å². The van der Waals surface area contributed by atoms with Crippen LogP contribution in [0.3, 0.4) is 0 Å². The van der Waals surface area contributed by atoms with E-state index >= 15 is 0 Å². The minimum atomic E-state index is -0.736. The zero-order valence-electron chi connectivity index (χ0n) is 17.0. The van der Waals surface area contributed by atoms with Gasteiger partial charge in [-0.2, -0.15) is 0 Å². The Bertz CT molecular complexity index is 1380. The average Bonchev–Trinajstić information content (AvgIpc) is 3.06. The van der Waals surface area contributed by atoms with Crippen LogP contribution in [0.25, 0.3) is 21.1 Å². The van der Waals surface area contributed by atoms with E-state index in [4.69, 9.17) is 4.74 Å². The van der Waals surface area contributed by atoms with Crippen LogP contribution in [0.1, 0.15) is 32.2 Å². The number of nitrogens with zero attached hydrogens (tertiary/aromatic N) is 4. The Morgan fingerprint density at radius 1 is 1.26 bits per heavy atom. The summed E-state index contributed by atoms with van der Waals surface area (Å²) in [5.74, 6) is -2.00. The molecule has 0 amide bonds. The second kappa shape index (κ2) is 7.77. The highest BCUT2D eigenvalue weighted by Crippen LogP contribution is 2.27. The van der Waals surface area contributed by atoms with Gasteiger partial charge in [-0.05, 0) is 17.5 Å². The van der Waals surface area contributed by atoms with E-state index in [2.05, 4.69) is 15.1 Å². The Morgan fingerprint density at radius 3 is 2.77 bits per heavy atom. The van der Waals surface area contributed by atoms with Crippen LogP contribution < -0.4 is 10.3 Å². The molecule has 0 atom stereocenters. The Labute approximate surface area is 179 Å². The first kappa shape index (κ1) is 21.0. The van der Waals surface area contributed by atoms with Crippen LogP contribution in [0.5, 0.6) is 5.88 Å². The van der Waals surface area contributed by atoms with E-state index in [0.717, 1.165) is 28.2 Å². The molecule has 0 radical (unpaired) electrons. The standard InChI is InChI=1S/C21H18F2N4O3S/c1-21(2,3)9-16(28)30-19-12-5-4-6-24-17(12)20(29)27(26-19)10-15-25-14-8-11(22)7-13(23)18(14)31-15/h4-8H,9-10H2,1-3H3. The molecule has 10 heteroatoms. The van der Waals surface area contributed by atoms with Crippen LogP contribution in [0, 0.1) is 17.0 Å². The molecular formula is C21H18F2N4O3S. The SMILES string of the molecule is CC(C)(C)CC(=O)Oc1nn(Cc2nc3cc(F)cc(F)c3s2)c(=O)c2ncccc12. The molecule has 4 rings (SSSR count). The molecule has 160 valence electrons. The molecule has 0 aliphatic rings. The molecule has 3 heterocycles. The second-order valence-corrected chi connectivity index (χ2v) is 9.31. The Morgan fingerprint density at radius 2 is 2.03 bits per heavy atom. The first-order valence-corrected chi connectivity index (χ1v) is 10.2. The van der Waals surface area contributed by atoms with Gasteiger partial charge < -0.3 is 4.74 Å². The van der Waals surface area contributed by atoms with Gasteiger partial charge in [0.1, 0.15) is 22.2 Å². The van der Waals surface area contributed by atoms with E-state index in [0.29, 0.717) is 10.4 Å².